The normalized spacial score (nSPS) is 27.3. The molecule has 11 nitrogen and oxygen atoms in total. The summed E-state index contributed by atoms with van der Waals surface area (Å²) < 4.78 is 5.08. The Labute approximate surface area is 165 Å². The molecule has 2 bridgehead atoms. The van der Waals surface area contributed by atoms with E-state index in [1.807, 2.05) is 0 Å². The largest absolute Gasteiger partial charge is 0.448 e. The lowest BCUT2D eigenvalue weighted by atomic mass is 9.86. The van der Waals surface area contributed by atoms with E-state index >= 15 is 0 Å². The Morgan fingerprint density at radius 1 is 1.31 bits per heavy atom. The number of fused-ring (bicyclic) bond motifs is 1. The molecule has 0 saturated carbocycles. The zero-order valence-corrected chi connectivity index (χ0v) is 15.7. The zero-order chi connectivity index (χ0) is 20.7. The van der Waals surface area contributed by atoms with Crippen molar-refractivity contribution in [2.75, 3.05) is 6.61 Å². The fraction of sp³-hybridized carbons (Fsp3) is 0.389. The van der Waals surface area contributed by atoms with Gasteiger partial charge >= 0.3 is 6.09 Å². The molecule has 0 radical (unpaired) electrons. The van der Waals surface area contributed by atoms with Gasteiger partial charge in [0.25, 0.3) is 11.8 Å². The van der Waals surface area contributed by atoms with Crippen LogP contribution in [0, 0.1) is 0 Å². The molecule has 1 aromatic rings. The Hall–Kier alpha value is -3.56. The summed E-state index contributed by atoms with van der Waals surface area (Å²) in [5.41, 5.74) is 9.97. The third kappa shape index (κ3) is 2.79. The smallest absolute Gasteiger partial charge is 0.431 e. The Kier molecular flexibility index (Phi) is 4.61. The van der Waals surface area contributed by atoms with E-state index in [9.17, 15) is 14.4 Å². The first-order valence-corrected chi connectivity index (χ1v) is 9.06. The van der Waals surface area contributed by atoms with Crippen molar-refractivity contribution >= 4 is 17.9 Å². The molecule has 29 heavy (non-hydrogen) atoms. The van der Waals surface area contributed by atoms with Crippen molar-refractivity contribution in [3.8, 4) is 0 Å². The molecule has 4 heterocycles. The number of azide groups is 1. The van der Waals surface area contributed by atoms with E-state index in [1.165, 1.54) is 0 Å². The van der Waals surface area contributed by atoms with Crippen molar-refractivity contribution in [1.82, 2.24) is 15.1 Å². The molecule has 4 aliphatic rings. The molecule has 11 heteroatoms. The van der Waals surface area contributed by atoms with Crippen molar-refractivity contribution in [1.29, 1.82) is 0 Å². The minimum atomic E-state index is -1.07. The minimum absolute atomic E-state index is 0.0906. The van der Waals surface area contributed by atoms with Crippen LogP contribution in [0.25, 0.3) is 10.4 Å². The van der Waals surface area contributed by atoms with Crippen LogP contribution in [0.2, 0.25) is 0 Å². The molecule has 0 aliphatic carbocycles. The first-order valence-electron chi connectivity index (χ1n) is 9.06. The summed E-state index contributed by atoms with van der Waals surface area (Å²) >= 11 is 0. The van der Waals surface area contributed by atoms with E-state index in [2.05, 4.69) is 10.0 Å². The van der Waals surface area contributed by atoms with Gasteiger partial charge in [0.15, 0.2) is 0 Å². The number of carbonyl (C=O) groups is 3. The maximum atomic E-state index is 13.1. The standard InChI is InChI=1S/C18H18N6O5/c1-3-28-18(27)22-12-9-10(2)14(15-13(20-21-19)17(26)23(15)22)24(29-12)16(25)11-7-5-4-6-8-11/h4-9,12-15H,3H2,1-2H3/t12-,13+,14+,15-/m1/s1. The summed E-state index contributed by atoms with van der Waals surface area (Å²) in [7, 11) is 0. The predicted molar refractivity (Wildman–Crippen MR) is 97.5 cm³/mol. The predicted octanol–water partition coefficient (Wildman–Crippen LogP) is 1.99. The summed E-state index contributed by atoms with van der Waals surface area (Å²) in [5, 5.41) is 6.93. The van der Waals surface area contributed by atoms with Crippen molar-refractivity contribution < 1.29 is 24.0 Å². The monoisotopic (exact) mass is 398 g/mol. The molecule has 2 fully saturated rings. The number of ether oxygens (including phenoxy) is 1. The summed E-state index contributed by atoms with van der Waals surface area (Å²) in [5.74, 6) is -0.991. The second-order valence-corrected chi connectivity index (χ2v) is 6.72. The maximum Gasteiger partial charge on any atom is 0.431 e. The third-order valence-electron chi connectivity index (χ3n) is 5.08. The number of rotatable bonds is 3. The van der Waals surface area contributed by atoms with Crippen LogP contribution in [0.1, 0.15) is 24.2 Å². The van der Waals surface area contributed by atoms with Gasteiger partial charge in [0, 0.05) is 10.5 Å². The van der Waals surface area contributed by atoms with Crippen LogP contribution in [-0.2, 0) is 14.4 Å². The number of amides is 3. The molecule has 0 unspecified atom stereocenters. The van der Waals surface area contributed by atoms with Gasteiger partial charge in [-0.25, -0.2) is 19.7 Å². The lowest BCUT2D eigenvalue weighted by Gasteiger charge is -2.49. The summed E-state index contributed by atoms with van der Waals surface area (Å²) in [6.45, 7) is 3.50. The van der Waals surface area contributed by atoms with Gasteiger partial charge < -0.3 is 4.74 Å². The van der Waals surface area contributed by atoms with Crippen LogP contribution < -0.4 is 0 Å². The van der Waals surface area contributed by atoms with Crippen LogP contribution in [0.3, 0.4) is 0 Å². The van der Waals surface area contributed by atoms with E-state index < -0.39 is 42.3 Å². The molecule has 0 aromatic heterocycles. The van der Waals surface area contributed by atoms with Gasteiger partial charge in [-0.1, -0.05) is 23.3 Å². The number of hydroxylamine groups is 2. The van der Waals surface area contributed by atoms with Crippen LogP contribution in [0.4, 0.5) is 4.79 Å². The van der Waals surface area contributed by atoms with Crippen molar-refractivity contribution in [3.05, 3.63) is 58.0 Å². The Morgan fingerprint density at radius 3 is 2.69 bits per heavy atom. The Morgan fingerprint density at radius 2 is 2.03 bits per heavy atom. The molecular weight excluding hydrogens is 380 g/mol. The molecule has 1 aromatic carbocycles. The SMILES string of the molecule is CCOC(=O)N1[C@H]2C=C(C)[C@@H]([C@H]3[C@H](N=[N+]=[N-])C(=O)N31)N(C(=O)c1ccccc1)O2. The topological polar surface area (TPSA) is 128 Å². The van der Waals surface area contributed by atoms with Crippen molar-refractivity contribution in [2.24, 2.45) is 5.11 Å². The van der Waals surface area contributed by atoms with Gasteiger partial charge in [-0.05, 0) is 43.2 Å². The number of nitrogens with zero attached hydrogens (tertiary/aromatic N) is 6. The highest BCUT2D eigenvalue weighted by atomic mass is 16.7. The van der Waals surface area contributed by atoms with Crippen molar-refractivity contribution in [2.45, 2.75) is 38.2 Å². The average molecular weight is 398 g/mol. The molecule has 5 rings (SSSR count). The number of carbonyl (C=O) groups excluding carboxylic acids is 3. The zero-order valence-electron chi connectivity index (χ0n) is 15.7. The van der Waals surface area contributed by atoms with Crippen LogP contribution >= 0.6 is 0 Å². The van der Waals surface area contributed by atoms with E-state index in [-0.39, 0.29) is 6.61 Å². The van der Waals surface area contributed by atoms with Crippen molar-refractivity contribution in [3.63, 3.8) is 0 Å². The van der Waals surface area contributed by atoms with Gasteiger partial charge in [-0.3, -0.25) is 9.59 Å². The van der Waals surface area contributed by atoms with E-state index in [0.717, 1.165) is 15.1 Å². The first kappa shape index (κ1) is 18.8. The van der Waals surface area contributed by atoms with Crippen LogP contribution in [-0.4, -0.2) is 63.9 Å². The summed E-state index contributed by atoms with van der Waals surface area (Å²) in [6, 6.07) is 5.91. The van der Waals surface area contributed by atoms with Gasteiger partial charge in [-0.2, -0.15) is 5.01 Å². The lowest BCUT2D eigenvalue weighted by Crippen LogP contribution is -2.74. The van der Waals surface area contributed by atoms with Gasteiger partial charge in [-0.15, -0.1) is 0 Å². The first-order chi connectivity index (χ1) is 14.0. The second-order valence-electron chi connectivity index (χ2n) is 6.72. The van der Waals surface area contributed by atoms with Crippen LogP contribution in [0.5, 0.6) is 0 Å². The lowest BCUT2D eigenvalue weighted by molar-refractivity contribution is -0.211. The summed E-state index contributed by atoms with van der Waals surface area (Å²) in [6.07, 6.45) is -0.206. The maximum absolute atomic E-state index is 13.1. The number of hydrazine groups is 1. The molecule has 0 spiro atoms. The van der Waals surface area contributed by atoms with Gasteiger partial charge in [0.05, 0.1) is 12.6 Å². The molecule has 150 valence electrons. The minimum Gasteiger partial charge on any atom is -0.448 e. The molecule has 0 N–H and O–H groups in total. The van der Waals surface area contributed by atoms with Crippen LogP contribution in [0.15, 0.2) is 47.1 Å². The van der Waals surface area contributed by atoms with Gasteiger partial charge in [0.2, 0.25) is 6.23 Å². The molecule has 4 atom stereocenters. The number of β-lactam (4-membered cyclic amide) rings is 1. The third-order valence-corrected chi connectivity index (χ3v) is 5.08. The number of hydrogen-bond acceptors (Lipinski definition) is 6. The van der Waals surface area contributed by atoms with E-state index in [0.29, 0.717) is 11.1 Å². The van der Waals surface area contributed by atoms with E-state index in [1.54, 1.807) is 50.3 Å². The number of benzene rings is 1. The average Bonchev–Trinajstić information content (AvgIpc) is 2.92. The molecule has 2 saturated heterocycles. The fourth-order valence-corrected chi connectivity index (χ4v) is 3.84. The quantitative estimate of drug-likeness (QED) is 0.253. The Balaban J connectivity index is 1.79. The second kappa shape index (κ2) is 7.12. The highest BCUT2D eigenvalue weighted by Gasteiger charge is 2.62. The van der Waals surface area contributed by atoms with E-state index in [4.69, 9.17) is 15.1 Å². The molecular formula is C18H18N6O5. The molecule has 3 amide bonds. The number of hydrogen-bond donors (Lipinski definition) is 0. The Bertz CT molecular complexity index is 943. The van der Waals surface area contributed by atoms with Gasteiger partial charge in [0.1, 0.15) is 12.1 Å². The summed E-state index contributed by atoms with van der Waals surface area (Å²) in [4.78, 5) is 47.0. The highest BCUT2D eigenvalue weighted by molar-refractivity contribution is 5.96. The highest BCUT2D eigenvalue weighted by Crippen LogP contribution is 2.42. The fourth-order valence-electron chi connectivity index (χ4n) is 3.84. The molecule has 4 aliphatic heterocycles.